The molecule has 0 aliphatic heterocycles. The van der Waals surface area contributed by atoms with Gasteiger partial charge in [0.15, 0.2) is 5.13 Å². The third kappa shape index (κ3) is 5.58. The van der Waals surface area contributed by atoms with Gasteiger partial charge in [0.05, 0.1) is 16.3 Å². The van der Waals surface area contributed by atoms with E-state index in [1.165, 1.54) is 54.3 Å². The lowest BCUT2D eigenvalue weighted by atomic mass is 10.2. The van der Waals surface area contributed by atoms with Gasteiger partial charge < -0.3 is 5.32 Å². The number of amides is 2. The Morgan fingerprint density at radius 3 is 2.58 bits per heavy atom. The lowest BCUT2D eigenvalue weighted by Gasteiger charge is -2.18. The van der Waals surface area contributed by atoms with Crippen LogP contribution >= 0.6 is 11.3 Å². The molecule has 2 aromatic carbocycles. The fourth-order valence-corrected chi connectivity index (χ4v) is 3.49. The van der Waals surface area contributed by atoms with E-state index in [0.717, 1.165) is 11.3 Å². The minimum atomic E-state index is -0.546. The summed E-state index contributed by atoms with van der Waals surface area (Å²) < 4.78 is 14.1. The number of nitrogens with zero attached hydrogens (tertiary/aromatic N) is 3. The molecular formula is C21H17FN4O4S. The maximum atomic E-state index is 14.1. The van der Waals surface area contributed by atoms with Gasteiger partial charge in [-0.05, 0) is 23.8 Å². The molecule has 10 heteroatoms. The number of carbonyl (C=O) groups excluding carboxylic acids is 2. The number of rotatable bonds is 7. The van der Waals surface area contributed by atoms with Crippen LogP contribution in [-0.4, -0.2) is 21.7 Å². The molecule has 3 rings (SSSR count). The van der Waals surface area contributed by atoms with Gasteiger partial charge in [0.25, 0.3) is 5.69 Å². The van der Waals surface area contributed by atoms with Crippen molar-refractivity contribution in [1.82, 2.24) is 10.3 Å². The first-order valence-corrected chi connectivity index (χ1v) is 9.93. The summed E-state index contributed by atoms with van der Waals surface area (Å²) in [6.45, 7) is 1.52. The zero-order valence-electron chi connectivity index (χ0n) is 16.3. The molecule has 1 N–H and O–H groups in total. The Bertz CT molecular complexity index is 1140. The monoisotopic (exact) mass is 440 g/mol. The number of benzene rings is 2. The Hall–Kier alpha value is -3.92. The van der Waals surface area contributed by atoms with Gasteiger partial charge in [-0.1, -0.05) is 24.3 Å². The average molecular weight is 440 g/mol. The average Bonchev–Trinajstić information content (AvgIpc) is 3.21. The van der Waals surface area contributed by atoms with Crippen LogP contribution in [-0.2, 0) is 16.1 Å². The van der Waals surface area contributed by atoms with E-state index in [1.54, 1.807) is 23.6 Å². The Morgan fingerprint density at radius 1 is 1.23 bits per heavy atom. The van der Waals surface area contributed by atoms with Crippen LogP contribution in [0.2, 0.25) is 0 Å². The molecule has 0 unspecified atom stereocenters. The topological polar surface area (TPSA) is 105 Å². The second kappa shape index (κ2) is 9.72. The molecule has 0 atom stereocenters. The lowest BCUT2D eigenvalue weighted by Crippen LogP contribution is -2.23. The lowest BCUT2D eigenvalue weighted by molar-refractivity contribution is -0.384. The summed E-state index contributed by atoms with van der Waals surface area (Å²) in [7, 11) is 0. The van der Waals surface area contributed by atoms with E-state index in [1.807, 2.05) is 0 Å². The first-order valence-electron chi connectivity index (χ1n) is 9.05. The van der Waals surface area contributed by atoms with E-state index >= 15 is 0 Å². The van der Waals surface area contributed by atoms with Crippen LogP contribution in [0, 0.1) is 15.9 Å². The Morgan fingerprint density at radius 2 is 1.94 bits per heavy atom. The molecule has 0 aliphatic rings. The standard InChI is InChI=1S/C21H17FN4O4S/c1-14(27)25(19-5-3-2-4-18(19)22)21-24-16(13-31-21)8-11-20(28)23-12-15-6-9-17(10-7-15)26(29)30/h2-11,13H,12H2,1H3,(H,23,28)/b11-8+. The number of non-ortho nitro benzene ring substituents is 1. The number of carbonyl (C=O) groups is 2. The van der Waals surface area contributed by atoms with E-state index in [2.05, 4.69) is 10.3 Å². The summed E-state index contributed by atoms with van der Waals surface area (Å²) in [5.74, 6) is -1.32. The number of nitrogens with one attached hydrogen (secondary N) is 1. The van der Waals surface area contributed by atoms with E-state index in [9.17, 15) is 24.1 Å². The number of halogens is 1. The number of hydrogen-bond acceptors (Lipinski definition) is 6. The summed E-state index contributed by atoms with van der Waals surface area (Å²) >= 11 is 1.14. The van der Waals surface area contributed by atoms with Gasteiger partial charge >= 0.3 is 0 Å². The number of anilines is 2. The third-order valence-electron chi connectivity index (χ3n) is 4.13. The summed E-state index contributed by atoms with van der Waals surface area (Å²) in [4.78, 5) is 39.7. The van der Waals surface area contributed by atoms with Crippen molar-refractivity contribution in [3.63, 3.8) is 0 Å². The maximum absolute atomic E-state index is 14.1. The predicted octanol–water partition coefficient (Wildman–Crippen LogP) is 4.20. The summed E-state index contributed by atoms with van der Waals surface area (Å²) in [5, 5.41) is 15.2. The molecule has 0 bridgehead atoms. The number of nitro benzene ring substituents is 1. The third-order valence-corrected chi connectivity index (χ3v) is 4.97. The first-order chi connectivity index (χ1) is 14.8. The van der Waals surface area contributed by atoms with Crippen molar-refractivity contribution in [3.05, 3.63) is 87.2 Å². The van der Waals surface area contributed by atoms with Crippen LogP contribution in [0.4, 0.5) is 20.9 Å². The van der Waals surface area contributed by atoms with E-state index < -0.39 is 16.6 Å². The van der Waals surface area contributed by atoms with Crippen LogP contribution in [0.3, 0.4) is 0 Å². The Balaban J connectivity index is 1.64. The molecule has 8 nitrogen and oxygen atoms in total. The predicted molar refractivity (Wildman–Crippen MR) is 115 cm³/mol. The molecule has 1 heterocycles. The first kappa shape index (κ1) is 21.8. The Labute approximate surface area is 180 Å². The quantitative estimate of drug-likeness (QED) is 0.337. The number of aromatic nitrogens is 1. The fourth-order valence-electron chi connectivity index (χ4n) is 2.64. The fraction of sp³-hybridized carbons (Fsp3) is 0.0952. The molecule has 0 saturated carbocycles. The van der Waals surface area contributed by atoms with Gasteiger partial charge in [-0.15, -0.1) is 11.3 Å². The molecular weight excluding hydrogens is 423 g/mol. The number of nitro groups is 1. The van der Waals surface area contributed by atoms with Crippen LogP contribution < -0.4 is 10.2 Å². The van der Waals surface area contributed by atoms with Crippen LogP contribution in [0.5, 0.6) is 0 Å². The van der Waals surface area contributed by atoms with Crippen molar-refractivity contribution in [2.24, 2.45) is 0 Å². The second-order valence-corrected chi connectivity index (χ2v) is 7.17. The van der Waals surface area contributed by atoms with Crippen molar-refractivity contribution >= 4 is 45.7 Å². The van der Waals surface area contributed by atoms with Crippen LogP contribution in [0.25, 0.3) is 6.08 Å². The highest BCUT2D eigenvalue weighted by atomic mass is 32.1. The van der Waals surface area contributed by atoms with Crippen molar-refractivity contribution in [1.29, 1.82) is 0 Å². The Kier molecular flexibility index (Phi) is 6.83. The zero-order valence-corrected chi connectivity index (χ0v) is 17.1. The molecule has 0 fully saturated rings. The normalized spacial score (nSPS) is 10.8. The molecule has 0 aliphatic carbocycles. The van der Waals surface area contributed by atoms with Crippen LogP contribution in [0.15, 0.2) is 60.0 Å². The van der Waals surface area contributed by atoms with Crippen LogP contribution in [0.1, 0.15) is 18.2 Å². The highest BCUT2D eigenvalue weighted by Crippen LogP contribution is 2.30. The molecule has 0 saturated heterocycles. The number of para-hydroxylation sites is 1. The van der Waals surface area contributed by atoms with Gasteiger partial charge in [0, 0.05) is 37.1 Å². The van der Waals surface area contributed by atoms with E-state index in [0.29, 0.717) is 11.3 Å². The summed E-state index contributed by atoms with van der Waals surface area (Å²) in [6.07, 6.45) is 2.76. The van der Waals surface area contributed by atoms with E-state index in [4.69, 9.17) is 0 Å². The second-order valence-electron chi connectivity index (χ2n) is 6.34. The number of thiazole rings is 1. The van der Waals surface area contributed by atoms with Gasteiger partial charge in [0.2, 0.25) is 11.8 Å². The van der Waals surface area contributed by atoms with Crippen molar-refractivity contribution in [2.75, 3.05) is 4.90 Å². The molecule has 158 valence electrons. The van der Waals surface area contributed by atoms with Crippen molar-refractivity contribution in [2.45, 2.75) is 13.5 Å². The van der Waals surface area contributed by atoms with Crippen molar-refractivity contribution in [3.8, 4) is 0 Å². The minimum absolute atomic E-state index is 0.0238. The molecule has 31 heavy (non-hydrogen) atoms. The van der Waals surface area contributed by atoms with Gasteiger partial charge in [-0.25, -0.2) is 9.37 Å². The van der Waals surface area contributed by atoms with Crippen molar-refractivity contribution < 1.29 is 18.9 Å². The smallest absolute Gasteiger partial charge is 0.269 e. The highest BCUT2D eigenvalue weighted by molar-refractivity contribution is 7.14. The molecule has 1 aromatic heterocycles. The van der Waals surface area contributed by atoms with Gasteiger partial charge in [0.1, 0.15) is 5.82 Å². The SMILES string of the molecule is CC(=O)N(c1nc(/C=C/C(=O)NCc2ccc([N+](=O)[O-])cc2)cs1)c1ccccc1F. The molecule has 3 aromatic rings. The van der Waals surface area contributed by atoms with Gasteiger partial charge in [-0.3, -0.25) is 24.6 Å². The zero-order chi connectivity index (χ0) is 22.4. The molecule has 0 radical (unpaired) electrons. The number of hydrogen-bond donors (Lipinski definition) is 1. The minimum Gasteiger partial charge on any atom is -0.348 e. The molecule has 0 spiro atoms. The largest absolute Gasteiger partial charge is 0.348 e. The highest BCUT2D eigenvalue weighted by Gasteiger charge is 2.20. The van der Waals surface area contributed by atoms with E-state index in [-0.39, 0.29) is 29.0 Å². The maximum Gasteiger partial charge on any atom is 0.269 e. The summed E-state index contributed by atoms with van der Waals surface area (Å²) in [6, 6.07) is 11.8. The molecule has 2 amide bonds. The summed E-state index contributed by atoms with van der Waals surface area (Å²) in [5.41, 5.74) is 1.23. The van der Waals surface area contributed by atoms with Gasteiger partial charge in [-0.2, -0.15) is 0 Å².